The highest BCUT2D eigenvalue weighted by molar-refractivity contribution is 5.73. The molecular weight excluding hydrogens is 631 g/mol. The maximum atomic E-state index is 2.27. The van der Waals surface area contributed by atoms with Gasteiger partial charge in [0.05, 0.1) is 0 Å². The highest BCUT2D eigenvalue weighted by Crippen LogP contribution is 2.33. The van der Waals surface area contributed by atoms with Gasteiger partial charge in [-0.2, -0.15) is 0 Å². The molecule has 6 rings (SSSR count). The summed E-state index contributed by atoms with van der Waals surface area (Å²) in [7, 11) is 12.4. The molecule has 6 aromatic rings. The lowest BCUT2D eigenvalue weighted by Crippen LogP contribution is -2.07. The van der Waals surface area contributed by atoms with E-state index in [1.807, 2.05) is 0 Å². The van der Waals surface area contributed by atoms with Crippen molar-refractivity contribution in [1.29, 1.82) is 0 Å². The predicted octanol–water partition coefficient (Wildman–Crippen LogP) is 11.6. The van der Waals surface area contributed by atoms with Crippen molar-refractivity contribution in [2.45, 2.75) is 5.92 Å². The van der Waals surface area contributed by atoms with Gasteiger partial charge in [0.1, 0.15) is 0 Å². The molecule has 3 heteroatoms. The first kappa shape index (κ1) is 35.8. The lowest BCUT2D eigenvalue weighted by atomic mass is 9.84. The molecule has 0 atom stereocenters. The molecular formula is C49H49N3. The van der Waals surface area contributed by atoms with Gasteiger partial charge in [0.2, 0.25) is 0 Å². The molecule has 0 aromatic heterocycles. The molecule has 260 valence electrons. The van der Waals surface area contributed by atoms with E-state index in [4.69, 9.17) is 0 Å². The van der Waals surface area contributed by atoms with Gasteiger partial charge in [0, 0.05) is 65.3 Å². The van der Waals surface area contributed by atoms with Gasteiger partial charge in [-0.1, -0.05) is 146 Å². The molecule has 0 aliphatic heterocycles. The maximum absolute atomic E-state index is 2.27. The summed E-state index contributed by atoms with van der Waals surface area (Å²) in [6.07, 6.45) is 13.1. The minimum atomic E-state index is 0.102. The summed E-state index contributed by atoms with van der Waals surface area (Å²) < 4.78 is 0. The van der Waals surface area contributed by atoms with Gasteiger partial charge in [0.15, 0.2) is 0 Å². The predicted molar refractivity (Wildman–Crippen MR) is 229 cm³/mol. The molecule has 0 amide bonds. The number of benzene rings is 6. The maximum Gasteiger partial charge on any atom is 0.0361 e. The fourth-order valence-corrected chi connectivity index (χ4v) is 6.20. The summed E-state index contributed by atoms with van der Waals surface area (Å²) in [5, 5.41) is 0. The third-order valence-electron chi connectivity index (χ3n) is 9.44. The van der Waals surface area contributed by atoms with E-state index in [9.17, 15) is 0 Å². The number of nitrogens with zero attached hydrogens (tertiary/aromatic N) is 3. The van der Waals surface area contributed by atoms with Crippen molar-refractivity contribution in [3.63, 3.8) is 0 Å². The zero-order valence-corrected chi connectivity index (χ0v) is 31.2. The summed E-state index contributed by atoms with van der Waals surface area (Å²) in [5.74, 6) is 0.102. The van der Waals surface area contributed by atoms with Crippen molar-refractivity contribution in [1.82, 2.24) is 0 Å². The quantitative estimate of drug-likeness (QED) is 0.0941. The van der Waals surface area contributed by atoms with E-state index < -0.39 is 0 Å². The molecule has 0 unspecified atom stereocenters. The topological polar surface area (TPSA) is 9.72 Å². The molecule has 0 aliphatic rings. The summed E-state index contributed by atoms with van der Waals surface area (Å²) in [6, 6.07) is 52.9. The Bertz CT molecular complexity index is 1850. The lowest BCUT2D eigenvalue weighted by Gasteiger charge is -2.20. The van der Waals surface area contributed by atoms with Crippen molar-refractivity contribution < 1.29 is 0 Å². The van der Waals surface area contributed by atoms with Crippen molar-refractivity contribution in [3.8, 4) is 0 Å². The standard InChI is InChI=1S/C49H49N3/c1-50(2)46-31-19-40(20-32-46)10-7-37-13-25-43(26-14-37)49(44-27-15-38(16-28-44)8-11-41-21-33-47(34-22-41)51(3)4)45-29-17-39(18-30-45)9-12-42-23-35-48(36-24-42)52(5)6/h7-36,49H,1-6H3/b10-7+,11-8+,12-9+. The smallest absolute Gasteiger partial charge is 0.0361 e. The van der Waals surface area contributed by atoms with Crippen LogP contribution >= 0.6 is 0 Å². The van der Waals surface area contributed by atoms with Gasteiger partial charge in [-0.05, 0) is 86.5 Å². The molecule has 0 saturated heterocycles. The number of anilines is 3. The molecule has 0 bridgehead atoms. The SMILES string of the molecule is CN(C)c1ccc(/C=C/c2ccc(C(c3ccc(/C=C/c4ccc(N(C)C)cc4)cc3)c3ccc(/C=C/c4ccc(N(C)C)cc4)cc3)cc2)cc1. The average molecular weight is 680 g/mol. The fraction of sp³-hybridized carbons (Fsp3) is 0.143. The molecule has 6 aromatic carbocycles. The van der Waals surface area contributed by atoms with E-state index in [2.05, 4.69) is 239 Å². The van der Waals surface area contributed by atoms with Crippen LogP contribution in [0.5, 0.6) is 0 Å². The second-order valence-electron chi connectivity index (χ2n) is 13.9. The van der Waals surface area contributed by atoms with E-state index in [0.29, 0.717) is 0 Å². The largest absolute Gasteiger partial charge is 0.378 e. The Morgan fingerprint density at radius 2 is 0.442 bits per heavy atom. The summed E-state index contributed by atoms with van der Waals surface area (Å²) in [5.41, 5.74) is 14.5. The van der Waals surface area contributed by atoms with Crippen molar-refractivity contribution in [2.75, 3.05) is 57.0 Å². The Hall–Kier alpha value is -6.06. The minimum absolute atomic E-state index is 0.102. The summed E-state index contributed by atoms with van der Waals surface area (Å²) in [6.45, 7) is 0. The van der Waals surface area contributed by atoms with Crippen LogP contribution in [-0.4, -0.2) is 42.3 Å². The van der Waals surface area contributed by atoms with E-state index in [1.165, 1.54) is 67.1 Å². The van der Waals surface area contributed by atoms with Crippen LogP contribution < -0.4 is 14.7 Å². The van der Waals surface area contributed by atoms with Crippen LogP contribution in [0.15, 0.2) is 146 Å². The van der Waals surface area contributed by atoms with Crippen LogP contribution in [0.3, 0.4) is 0 Å². The van der Waals surface area contributed by atoms with Crippen LogP contribution in [0.25, 0.3) is 36.5 Å². The third kappa shape index (κ3) is 9.38. The zero-order chi connectivity index (χ0) is 36.5. The normalized spacial score (nSPS) is 11.6. The minimum Gasteiger partial charge on any atom is -0.378 e. The van der Waals surface area contributed by atoms with E-state index in [0.717, 1.165) is 0 Å². The van der Waals surface area contributed by atoms with Gasteiger partial charge in [0.25, 0.3) is 0 Å². The molecule has 3 nitrogen and oxygen atoms in total. The molecule has 0 radical (unpaired) electrons. The second kappa shape index (κ2) is 16.8. The second-order valence-corrected chi connectivity index (χ2v) is 13.9. The molecule has 0 heterocycles. The first-order valence-corrected chi connectivity index (χ1v) is 17.9. The summed E-state index contributed by atoms with van der Waals surface area (Å²) >= 11 is 0. The Kier molecular flexibility index (Phi) is 11.5. The third-order valence-corrected chi connectivity index (χ3v) is 9.44. The first-order valence-electron chi connectivity index (χ1n) is 17.9. The number of rotatable bonds is 12. The van der Waals surface area contributed by atoms with Gasteiger partial charge in [-0.15, -0.1) is 0 Å². The van der Waals surface area contributed by atoms with Gasteiger partial charge in [-0.3, -0.25) is 0 Å². The molecule has 0 N–H and O–H groups in total. The molecule has 0 spiro atoms. The van der Waals surface area contributed by atoms with Crippen molar-refractivity contribution >= 4 is 53.5 Å². The Morgan fingerprint density at radius 1 is 0.269 bits per heavy atom. The summed E-state index contributed by atoms with van der Waals surface area (Å²) in [4.78, 5) is 6.36. The van der Waals surface area contributed by atoms with E-state index >= 15 is 0 Å². The first-order chi connectivity index (χ1) is 25.2. The molecule has 0 aliphatic carbocycles. The fourth-order valence-electron chi connectivity index (χ4n) is 6.20. The highest BCUT2D eigenvalue weighted by atomic mass is 15.1. The van der Waals surface area contributed by atoms with Crippen molar-refractivity contribution in [2.24, 2.45) is 0 Å². The van der Waals surface area contributed by atoms with E-state index in [1.54, 1.807) is 0 Å². The molecule has 0 fully saturated rings. The molecule has 52 heavy (non-hydrogen) atoms. The number of hydrogen-bond donors (Lipinski definition) is 0. The lowest BCUT2D eigenvalue weighted by molar-refractivity contribution is 0.976. The Balaban J connectivity index is 1.24. The zero-order valence-electron chi connectivity index (χ0n) is 31.2. The van der Waals surface area contributed by atoms with Crippen LogP contribution in [0.2, 0.25) is 0 Å². The van der Waals surface area contributed by atoms with Gasteiger partial charge < -0.3 is 14.7 Å². The Morgan fingerprint density at radius 3 is 0.615 bits per heavy atom. The van der Waals surface area contributed by atoms with Crippen LogP contribution in [0, 0.1) is 0 Å². The molecule has 0 saturated carbocycles. The van der Waals surface area contributed by atoms with E-state index in [-0.39, 0.29) is 5.92 Å². The van der Waals surface area contributed by atoms with Gasteiger partial charge >= 0.3 is 0 Å². The highest BCUT2D eigenvalue weighted by Gasteiger charge is 2.17. The monoisotopic (exact) mass is 679 g/mol. The van der Waals surface area contributed by atoms with Crippen molar-refractivity contribution in [3.05, 3.63) is 196 Å². The van der Waals surface area contributed by atoms with Crippen LogP contribution in [0.4, 0.5) is 17.1 Å². The van der Waals surface area contributed by atoms with Gasteiger partial charge in [-0.25, -0.2) is 0 Å². The number of hydrogen-bond acceptors (Lipinski definition) is 3. The Labute approximate surface area is 311 Å². The van der Waals surface area contributed by atoms with Crippen LogP contribution in [-0.2, 0) is 0 Å². The van der Waals surface area contributed by atoms with Crippen LogP contribution in [0.1, 0.15) is 56.0 Å². The average Bonchev–Trinajstić information content (AvgIpc) is 3.17.